The number of phenolic OH excluding ortho intramolecular Hbond substituents is 2. The van der Waals surface area contributed by atoms with Gasteiger partial charge in [0, 0.05) is 11.1 Å². The van der Waals surface area contributed by atoms with Crippen LogP contribution in [0, 0.1) is 13.8 Å². The molecular formula is C83H142N2O19Si11. The number of hydrogen-bond acceptors (Lipinski definition) is 20. The van der Waals surface area contributed by atoms with Crippen molar-refractivity contribution in [3.8, 4) is 23.0 Å². The van der Waals surface area contributed by atoms with Crippen LogP contribution >= 0.6 is 0 Å². The zero-order valence-corrected chi connectivity index (χ0v) is 85.6. The number of isocyanates is 1. The number of aromatic hydroxyl groups is 2. The summed E-state index contributed by atoms with van der Waals surface area (Å²) in [7, 11) is -25.3. The summed E-state index contributed by atoms with van der Waals surface area (Å²) in [6.07, 6.45) is 9.64. The van der Waals surface area contributed by atoms with E-state index in [0.29, 0.717) is 22.8 Å². The van der Waals surface area contributed by atoms with Crippen molar-refractivity contribution in [2.45, 2.75) is 260 Å². The van der Waals surface area contributed by atoms with Crippen molar-refractivity contribution < 1.29 is 85.4 Å². The van der Waals surface area contributed by atoms with Crippen molar-refractivity contribution in [3.63, 3.8) is 0 Å². The number of carbonyl (C=O) groups is 3. The standard InChI is InChI=1S/C47H79NO11Si6.C29H54O5Si5.C7H9NO3/c1-38(2)46(50)53-32-31-48-47(51)54-44-30-28-42(37-45(44)52-4)26-21-33-63(13,56-61(8,9)10)58-65(15,35-20-25-41-27-29-43(49)39(3)36-41)59-64(14,57-62(11,12)55-60(5,6)7)34-19-24-40-22-17-16-18-23-40;1-26-25-28(21-22-29(26)30)20-16-23-38(10,32-36(5,6)7)34-39(11,33-37(8,9)31-35(2,3)4)24-15-19-27-17-13-12-14-18-27;1-6(2)7(10)11-4-3-8-5-9/h16-18,22-23,27-30,36-37,49H,1,19-21,24-26,31-35H2,2-15H3,(H,48,51);12-14,17-18,21-22,25,30H,15-16,19-20,23-24H2,1-11H3;1,3-4H2,2H3. The van der Waals surface area contributed by atoms with Gasteiger partial charge in [-0.05, 0) is 323 Å². The minimum absolute atomic E-state index is 0.00524. The first kappa shape index (κ1) is 104. The number of methoxy groups -OCH3 is 1. The average Bonchev–Trinajstić information content (AvgIpc) is 0.801. The SMILES string of the molecule is C=C(C)C(=O)OCCN=C=O.C=C(C)C(=O)OCCNC(=O)Oc1ccc(CCC[Si](C)(O[Si](C)(C)C)O[Si](C)(CCCc2ccc(O)c(C)c2)O[Si](C)(CCCc2ccccc2)O[Si](C)(C)O[Si](C)(C)C)cc1OC.Cc1cc(CCC[Si](C)(O[Si](C)(C)C)O[Si](C)(CCCc2ccccc2)O[Si](C)(C)O[Si](C)(C)C)ccc1O. The Balaban J connectivity index is 0.000000574. The smallest absolute Gasteiger partial charge is 0.412 e. The number of esters is 2. The number of rotatable bonds is 48. The summed E-state index contributed by atoms with van der Waals surface area (Å²) in [5.74, 6) is 0.372. The highest BCUT2D eigenvalue weighted by molar-refractivity contribution is 6.93. The molecule has 0 radical (unpaired) electrons. The van der Waals surface area contributed by atoms with E-state index in [1.807, 2.05) is 38.1 Å². The molecule has 0 saturated heterocycles. The van der Waals surface area contributed by atoms with Crippen LogP contribution in [-0.2, 0) is 93.0 Å². The largest absolute Gasteiger partial charge is 0.508 e. The van der Waals surface area contributed by atoms with E-state index in [2.05, 4.69) is 238 Å². The Bertz CT molecular complexity index is 3910. The number of ether oxygens (including phenoxy) is 4. The minimum atomic E-state index is -3.05. The van der Waals surface area contributed by atoms with Gasteiger partial charge in [-0.15, -0.1) is 0 Å². The van der Waals surface area contributed by atoms with Crippen molar-refractivity contribution in [1.82, 2.24) is 5.32 Å². The van der Waals surface area contributed by atoms with Crippen LogP contribution in [0.1, 0.15) is 84.9 Å². The monoisotopic (exact) mass is 1780 g/mol. The Morgan fingerprint density at radius 1 is 0.409 bits per heavy atom. The van der Waals surface area contributed by atoms with E-state index in [0.717, 1.165) is 111 Å². The number of nitrogens with zero attached hydrogens (tertiary/aromatic N) is 1. The van der Waals surface area contributed by atoms with Gasteiger partial charge in [-0.25, -0.2) is 24.2 Å². The molecule has 5 aromatic rings. The summed E-state index contributed by atoms with van der Waals surface area (Å²) in [6, 6.07) is 42.7. The predicted molar refractivity (Wildman–Crippen MR) is 492 cm³/mol. The Hall–Kier alpha value is -5.40. The first-order valence-electron chi connectivity index (χ1n) is 40.4. The Labute approximate surface area is 702 Å². The molecule has 5 aromatic carbocycles. The van der Waals surface area contributed by atoms with Crippen LogP contribution in [0.25, 0.3) is 0 Å². The van der Waals surface area contributed by atoms with E-state index in [1.165, 1.54) is 35.4 Å². The van der Waals surface area contributed by atoms with Crippen LogP contribution in [0.3, 0.4) is 0 Å². The Morgan fingerprint density at radius 2 is 0.730 bits per heavy atom. The first-order valence-corrected chi connectivity index (χ1v) is 72.2. The van der Waals surface area contributed by atoms with Crippen LogP contribution in [0.15, 0.2) is 145 Å². The van der Waals surface area contributed by atoms with Gasteiger partial charge in [0.15, 0.2) is 44.8 Å². The molecule has 5 rings (SSSR count). The van der Waals surface area contributed by atoms with Crippen molar-refractivity contribution in [1.29, 1.82) is 0 Å². The molecule has 0 aliphatic rings. The summed E-state index contributed by atoms with van der Waals surface area (Å²) in [4.78, 5) is 47.6. The molecule has 0 aromatic heterocycles. The molecule has 115 heavy (non-hydrogen) atoms. The molecule has 0 fully saturated rings. The van der Waals surface area contributed by atoms with E-state index in [4.69, 9.17) is 51.2 Å². The van der Waals surface area contributed by atoms with Gasteiger partial charge >= 0.3 is 78.0 Å². The van der Waals surface area contributed by atoms with Gasteiger partial charge in [0.05, 0.1) is 20.2 Å². The number of aryl methyl sites for hydroxylation is 7. The van der Waals surface area contributed by atoms with Crippen LogP contribution in [-0.4, -0.2) is 161 Å². The number of benzene rings is 5. The average molecular weight is 1780 g/mol. The molecular weight excluding hydrogens is 1640 g/mol. The molecule has 21 nitrogen and oxygen atoms in total. The number of aliphatic imine (C=N–C) groups is 1. The second-order valence-electron chi connectivity index (χ2n) is 35.4. The van der Waals surface area contributed by atoms with Gasteiger partial charge in [0.25, 0.3) is 0 Å². The van der Waals surface area contributed by atoms with Crippen molar-refractivity contribution in [2.24, 2.45) is 4.99 Å². The number of phenols is 2. The lowest BCUT2D eigenvalue weighted by Gasteiger charge is -2.46. The van der Waals surface area contributed by atoms with Crippen molar-refractivity contribution in [2.75, 3.05) is 33.4 Å². The lowest BCUT2D eigenvalue weighted by molar-refractivity contribution is -0.139. The first-order chi connectivity index (χ1) is 53.1. The fourth-order valence-electron chi connectivity index (χ4n) is 13.8. The molecule has 5 atom stereocenters. The van der Waals surface area contributed by atoms with Gasteiger partial charge in [-0.3, -0.25) is 0 Å². The second kappa shape index (κ2) is 47.6. The quantitative estimate of drug-likeness (QED) is 0.00817. The van der Waals surface area contributed by atoms with Crippen molar-refractivity contribution >= 4 is 117 Å². The maximum atomic E-state index is 12.5. The van der Waals surface area contributed by atoms with E-state index in [-0.39, 0.29) is 37.6 Å². The topological polar surface area (TPSA) is 253 Å². The second-order valence-corrected chi connectivity index (χ2v) is 79.1. The van der Waals surface area contributed by atoms with Crippen molar-refractivity contribution in [3.05, 3.63) is 179 Å². The third-order valence-electron chi connectivity index (χ3n) is 17.3. The minimum Gasteiger partial charge on any atom is -0.508 e. The van der Waals surface area contributed by atoms with Crippen LogP contribution in [0.2, 0.25) is 168 Å². The summed E-state index contributed by atoms with van der Waals surface area (Å²) < 4.78 is 85.2. The van der Waals surface area contributed by atoms with Crippen LogP contribution in [0.4, 0.5) is 4.79 Å². The molecule has 0 saturated carbocycles. The zero-order valence-electron chi connectivity index (χ0n) is 74.6. The lowest BCUT2D eigenvalue weighted by Crippen LogP contribution is -2.62. The highest BCUT2D eigenvalue weighted by Gasteiger charge is 2.52. The Kier molecular flexibility index (Phi) is 42.9. The summed E-state index contributed by atoms with van der Waals surface area (Å²) in [6.45, 7) is 60.9. The molecule has 0 aliphatic heterocycles. The number of nitrogens with one attached hydrogen (secondary N) is 1. The van der Waals surface area contributed by atoms with Gasteiger partial charge in [-0.2, -0.15) is 0 Å². The summed E-state index contributed by atoms with van der Waals surface area (Å²) in [5, 5.41) is 22.7. The third-order valence-corrected chi connectivity index (χ3v) is 58.5. The van der Waals surface area contributed by atoms with Crippen LogP contribution in [0.5, 0.6) is 23.0 Å². The van der Waals surface area contributed by atoms with Gasteiger partial charge in [-0.1, -0.05) is 104 Å². The number of carbonyl (C=O) groups excluding carboxylic acids is 4. The summed E-state index contributed by atoms with van der Waals surface area (Å²) in [5.41, 5.74) is 8.48. The molecule has 0 bridgehead atoms. The van der Waals surface area contributed by atoms with E-state index in [1.54, 1.807) is 32.0 Å². The van der Waals surface area contributed by atoms with Gasteiger partial charge < -0.3 is 71.5 Å². The highest BCUT2D eigenvalue weighted by atomic mass is 28.5. The molecule has 0 heterocycles. The maximum absolute atomic E-state index is 12.5. The highest BCUT2D eigenvalue weighted by Crippen LogP contribution is 2.38. The molecule has 3 N–H and O–H groups in total. The fraction of sp³-hybridized carbons (Fsp3) is 0.542. The summed E-state index contributed by atoms with van der Waals surface area (Å²) >= 11 is 0. The predicted octanol–water partition coefficient (Wildman–Crippen LogP) is 21.1. The molecule has 5 unspecified atom stereocenters. The van der Waals surface area contributed by atoms with Crippen LogP contribution < -0.4 is 14.8 Å². The van der Waals surface area contributed by atoms with Gasteiger partial charge in [0.1, 0.15) is 24.7 Å². The zero-order chi connectivity index (χ0) is 86.9. The molecule has 0 aliphatic carbocycles. The molecule has 32 heteroatoms. The number of hydrogen-bond donors (Lipinski definition) is 3. The lowest BCUT2D eigenvalue weighted by atomic mass is 10.1. The fourth-order valence-corrected chi connectivity index (χ4v) is 67.2. The Morgan fingerprint density at radius 3 is 1.06 bits per heavy atom. The van der Waals surface area contributed by atoms with E-state index < -0.39 is 111 Å². The van der Waals surface area contributed by atoms with E-state index >= 15 is 0 Å². The third kappa shape index (κ3) is 45.0. The van der Waals surface area contributed by atoms with Gasteiger partial charge in [0.2, 0.25) is 6.08 Å². The normalized spacial score (nSPS) is 14.7. The number of amides is 1. The molecule has 0 spiro atoms. The molecule has 642 valence electrons. The molecule has 1 amide bonds. The van der Waals surface area contributed by atoms with E-state index in [9.17, 15) is 29.4 Å². The maximum Gasteiger partial charge on any atom is 0.412 e.